The maximum atomic E-state index is 11.8. The molecule has 0 fully saturated rings. The number of amides is 1. The molecule has 0 radical (unpaired) electrons. The van der Waals surface area contributed by atoms with Crippen LogP contribution < -0.4 is 10.1 Å². The minimum absolute atomic E-state index is 0.0619. The van der Waals surface area contributed by atoms with Gasteiger partial charge in [-0.15, -0.1) is 0 Å². The molecule has 18 heavy (non-hydrogen) atoms. The molecule has 0 spiro atoms. The molecular formula is C14H14N2O2. The van der Waals surface area contributed by atoms with E-state index in [-0.39, 0.29) is 5.91 Å². The first-order valence-corrected chi connectivity index (χ1v) is 5.61. The van der Waals surface area contributed by atoms with E-state index in [0.717, 1.165) is 17.0 Å². The van der Waals surface area contributed by atoms with Gasteiger partial charge in [-0.25, -0.2) is 0 Å². The van der Waals surface area contributed by atoms with Gasteiger partial charge < -0.3 is 10.1 Å². The number of nitrogens with one attached hydrogen (secondary N) is 1. The molecule has 0 aliphatic rings. The van der Waals surface area contributed by atoms with Gasteiger partial charge in [0.05, 0.1) is 13.5 Å². The summed E-state index contributed by atoms with van der Waals surface area (Å²) in [5.74, 6) is 0.702. The molecule has 1 aromatic heterocycles. The predicted octanol–water partition coefficient (Wildman–Crippen LogP) is 2.27. The Hall–Kier alpha value is -2.36. The summed E-state index contributed by atoms with van der Waals surface area (Å²) in [5, 5.41) is 2.82. The van der Waals surface area contributed by atoms with Gasteiger partial charge in [-0.05, 0) is 35.9 Å². The summed E-state index contributed by atoms with van der Waals surface area (Å²) in [7, 11) is 1.61. The summed E-state index contributed by atoms with van der Waals surface area (Å²) >= 11 is 0. The first-order chi connectivity index (χ1) is 8.78. The maximum absolute atomic E-state index is 11.8. The average molecular weight is 242 g/mol. The number of anilines is 1. The largest absolute Gasteiger partial charge is 0.497 e. The highest BCUT2D eigenvalue weighted by atomic mass is 16.5. The zero-order valence-corrected chi connectivity index (χ0v) is 10.1. The van der Waals surface area contributed by atoms with E-state index in [1.165, 1.54) is 0 Å². The van der Waals surface area contributed by atoms with Crippen LogP contribution in [-0.4, -0.2) is 18.0 Å². The number of pyridine rings is 1. The molecule has 2 rings (SSSR count). The van der Waals surface area contributed by atoms with E-state index >= 15 is 0 Å². The Balaban J connectivity index is 1.94. The van der Waals surface area contributed by atoms with Crippen molar-refractivity contribution in [3.8, 4) is 5.75 Å². The SMILES string of the molecule is COc1ccc(NC(=O)Cc2cccnc2)cc1. The molecule has 2 aromatic rings. The van der Waals surface area contributed by atoms with Gasteiger partial charge in [-0.2, -0.15) is 0 Å². The van der Waals surface area contributed by atoms with Gasteiger partial charge in [-0.3, -0.25) is 9.78 Å². The molecule has 92 valence electrons. The lowest BCUT2D eigenvalue weighted by atomic mass is 10.2. The highest BCUT2D eigenvalue weighted by Gasteiger charge is 2.04. The van der Waals surface area contributed by atoms with Crippen LogP contribution in [-0.2, 0) is 11.2 Å². The normalized spacial score (nSPS) is 9.83. The minimum Gasteiger partial charge on any atom is -0.497 e. The van der Waals surface area contributed by atoms with Crippen molar-refractivity contribution >= 4 is 11.6 Å². The molecule has 1 aromatic carbocycles. The third-order valence-corrected chi connectivity index (χ3v) is 2.46. The lowest BCUT2D eigenvalue weighted by Crippen LogP contribution is -2.14. The second-order valence-electron chi connectivity index (χ2n) is 3.81. The fourth-order valence-corrected chi connectivity index (χ4v) is 1.57. The summed E-state index contributed by atoms with van der Waals surface area (Å²) in [6.07, 6.45) is 3.69. The van der Waals surface area contributed by atoms with Crippen LogP contribution in [0.3, 0.4) is 0 Å². The lowest BCUT2D eigenvalue weighted by molar-refractivity contribution is -0.115. The Morgan fingerprint density at radius 1 is 1.28 bits per heavy atom. The van der Waals surface area contributed by atoms with Crippen LogP contribution in [0.5, 0.6) is 5.75 Å². The van der Waals surface area contributed by atoms with Crippen molar-refractivity contribution in [1.82, 2.24) is 4.98 Å². The van der Waals surface area contributed by atoms with Crippen molar-refractivity contribution in [3.63, 3.8) is 0 Å². The molecule has 1 amide bonds. The molecule has 1 heterocycles. The summed E-state index contributed by atoms with van der Waals surface area (Å²) < 4.78 is 5.05. The minimum atomic E-state index is -0.0619. The molecule has 0 atom stereocenters. The van der Waals surface area contributed by atoms with E-state index in [1.54, 1.807) is 43.8 Å². The number of nitrogens with zero attached hydrogens (tertiary/aromatic N) is 1. The van der Waals surface area contributed by atoms with Crippen LogP contribution in [0.15, 0.2) is 48.8 Å². The molecular weight excluding hydrogens is 228 g/mol. The molecule has 4 nitrogen and oxygen atoms in total. The van der Waals surface area contributed by atoms with Crippen LogP contribution >= 0.6 is 0 Å². The number of methoxy groups -OCH3 is 1. The average Bonchev–Trinajstić information content (AvgIpc) is 2.40. The van der Waals surface area contributed by atoms with E-state index < -0.39 is 0 Å². The molecule has 0 saturated carbocycles. The number of ether oxygens (including phenoxy) is 1. The fraction of sp³-hybridized carbons (Fsp3) is 0.143. The second kappa shape index (κ2) is 5.82. The first-order valence-electron chi connectivity index (χ1n) is 5.61. The molecule has 1 N–H and O–H groups in total. The molecule has 0 saturated heterocycles. The lowest BCUT2D eigenvalue weighted by Gasteiger charge is -2.06. The number of hydrogen-bond donors (Lipinski definition) is 1. The van der Waals surface area contributed by atoms with Crippen molar-refractivity contribution in [3.05, 3.63) is 54.4 Å². The number of carbonyl (C=O) groups is 1. The van der Waals surface area contributed by atoms with Crippen LogP contribution in [0.1, 0.15) is 5.56 Å². The zero-order chi connectivity index (χ0) is 12.8. The number of carbonyl (C=O) groups excluding carboxylic acids is 1. The number of hydrogen-bond acceptors (Lipinski definition) is 3. The van der Waals surface area contributed by atoms with Gasteiger partial charge >= 0.3 is 0 Å². The van der Waals surface area contributed by atoms with Gasteiger partial charge in [0.1, 0.15) is 5.75 Å². The Labute approximate surface area is 106 Å². The van der Waals surface area contributed by atoms with Gasteiger partial charge in [-0.1, -0.05) is 6.07 Å². The monoisotopic (exact) mass is 242 g/mol. The second-order valence-corrected chi connectivity index (χ2v) is 3.81. The predicted molar refractivity (Wildman–Crippen MR) is 69.6 cm³/mol. The summed E-state index contributed by atoms with van der Waals surface area (Å²) in [4.78, 5) is 15.7. The van der Waals surface area contributed by atoms with E-state index in [4.69, 9.17) is 4.74 Å². The third kappa shape index (κ3) is 3.31. The topological polar surface area (TPSA) is 51.2 Å². The van der Waals surface area contributed by atoms with E-state index in [9.17, 15) is 4.79 Å². The Bertz CT molecular complexity index is 509. The molecule has 0 unspecified atom stereocenters. The van der Waals surface area contributed by atoms with Gasteiger partial charge in [0.2, 0.25) is 5.91 Å². The molecule has 0 aliphatic carbocycles. The number of rotatable bonds is 4. The summed E-state index contributed by atoms with van der Waals surface area (Å²) in [5.41, 5.74) is 1.65. The smallest absolute Gasteiger partial charge is 0.228 e. The van der Waals surface area contributed by atoms with Gasteiger partial charge in [0.15, 0.2) is 0 Å². The highest BCUT2D eigenvalue weighted by Crippen LogP contribution is 2.15. The summed E-state index contributed by atoms with van der Waals surface area (Å²) in [6.45, 7) is 0. The van der Waals surface area contributed by atoms with Crippen LogP contribution in [0.25, 0.3) is 0 Å². The Morgan fingerprint density at radius 3 is 2.67 bits per heavy atom. The summed E-state index contributed by atoms with van der Waals surface area (Å²) in [6, 6.07) is 10.9. The van der Waals surface area contributed by atoms with Crippen LogP contribution in [0.2, 0.25) is 0 Å². The quantitative estimate of drug-likeness (QED) is 0.894. The van der Waals surface area contributed by atoms with E-state index in [0.29, 0.717) is 6.42 Å². The first kappa shape index (κ1) is 12.1. The number of aromatic nitrogens is 1. The molecule has 0 aliphatic heterocycles. The van der Waals surface area contributed by atoms with E-state index in [1.807, 2.05) is 12.1 Å². The Morgan fingerprint density at radius 2 is 2.06 bits per heavy atom. The Kier molecular flexibility index (Phi) is 3.91. The van der Waals surface area contributed by atoms with Crippen molar-refractivity contribution in [2.45, 2.75) is 6.42 Å². The van der Waals surface area contributed by atoms with Crippen molar-refractivity contribution in [2.75, 3.05) is 12.4 Å². The fourth-order valence-electron chi connectivity index (χ4n) is 1.57. The number of benzene rings is 1. The van der Waals surface area contributed by atoms with Crippen LogP contribution in [0.4, 0.5) is 5.69 Å². The van der Waals surface area contributed by atoms with Gasteiger partial charge in [0.25, 0.3) is 0 Å². The van der Waals surface area contributed by atoms with Crippen molar-refractivity contribution in [2.24, 2.45) is 0 Å². The molecule has 4 heteroatoms. The maximum Gasteiger partial charge on any atom is 0.228 e. The third-order valence-electron chi connectivity index (χ3n) is 2.46. The van der Waals surface area contributed by atoms with Crippen molar-refractivity contribution in [1.29, 1.82) is 0 Å². The standard InChI is InChI=1S/C14H14N2O2/c1-18-13-6-4-12(5-7-13)16-14(17)9-11-3-2-8-15-10-11/h2-8,10H,9H2,1H3,(H,16,17). The van der Waals surface area contributed by atoms with Gasteiger partial charge in [0, 0.05) is 18.1 Å². The zero-order valence-electron chi connectivity index (χ0n) is 10.1. The van der Waals surface area contributed by atoms with E-state index in [2.05, 4.69) is 10.3 Å². The van der Waals surface area contributed by atoms with Crippen LogP contribution in [0, 0.1) is 0 Å². The van der Waals surface area contributed by atoms with Crippen molar-refractivity contribution < 1.29 is 9.53 Å². The highest BCUT2D eigenvalue weighted by molar-refractivity contribution is 5.92. The molecule has 0 bridgehead atoms.